The van der Waals surface area contributed by atoms with Crippen LogP contribution >= 0.6 is 12.4 Å². The molecule has 0 aliphatic heterocycles. The van der Waals surface area contributed by atoms with Crippen LogP contribution in [-0.4, -0.2) is 5.78 Å². The minimum atomic E-state index is -1.09. The first kappa shape index (κ1) is 13.1. The Hall–Kier alpha value is -0.930. The van der Waals surface area contributed by atoms with E-state index >= 15 is 0 Å². The van der Waals surface area contributed by atoms with Gasteiger partial charge < -0.3 is 5.73 Å². The number of Topliss-reactive ketones (excluding diaryl/α,β-unsaturated/α-hetero) is 1. The van der Waals surface area contributed by atoms with Gasteiger partial charge in [-0.3, -0.25) is 4.79 Å². The summed E-state index contributed by atoms with van der Waals surface area (Å²) < 4.78 is 13.6. The highest BCUT2D eigenvalue weighted by Crippen LogP contribution is 2.33. The van der Waals surface area contributed by atoms with E-state index in [-0.39, 0.29) is 24.0 Å². The van der Waals surface area contributed by atoms with Gasteiger partial charge in [-0.2, -0.15) is 0 Å². The zero-order chi connectivity index (χ0) is 10.9. The van der Waals surface area contributed by atoms with Crippen molar-refractivity contribution in [2.75, 3.05) is 0 Å². The van der Waals surface area contributed by atoms with E-state index in [1.165, 1.54) is 6.07 Å². The van der Waals surface area contributed by atoms with Gasteiger partial charge >= 0.3 is 0 Å². The molecule has 1 atom stereocenters. The summed E-state index contributed by atoms with van der Waals surface area (Å²) >= 11 is 0. The second-order valence-corrected chi connectivity index (χ2v) is 4.08. The van der Waals surface area contributed by atoms with Gasteiger partial charge in [-0.15, -0.1) is 12.4 Å². The maximum absolute atomic E-state index is 13.6. The number of benzene rings is 1. The molecular formula is C12H15ClFNO. The topological polar surface area (TPSA) is 43.1 Å². The van der Waals surface area contributed by atoms with Gasteiger partial charge in [0.05, 0.1) is 0 Å². The summed E-state index contributed by atoms with van der Waals surface area (Å²) in [7, 11) is 0. The molecule has 1 aliphatic rings. The molecule has 1 saturated carbocycles. The SMILES string of the molecule is Cl.NC1(c2ccccc2F)CCCCC1=O. The van der Waals surface area contributed by atoms with Crippen LogP contribution in [0.2, 0.25) is 0 Å². The smallest absolute Gasteiger partial charge is 0.157 e. The average molecular weight is 244 g/mol. The number of carbonyl (C=O) groups excluding carboxylic acids is 1. The van der Waals surface area contributed by atoms with E-state index in [1.54, 1.807) is 18.2 Å². The highest BCUT2D eigenvalue weighted by Gasteiger charge is 2.39. The molecule has 0 radical (unpaired) electrons. The molecule has 4 heteroatoms. The number of hydrogen-bond acceptors (Lipinski definition) is 2. The molecule has 1 fully saturated rings. The lowest BCUT2D eigenvalue weighted by atomic mass is 9.76. The Labute approximate surface area is 100 Å². The Morgan fingerprint density at radius 2 is 1.94 bits per heavy atom. The van der Waals surface area contributed by atoms with Crippen LogP contribution in [0.4, 0.5) is 4.39 Å². The third kappa shape index (κ3) is 2.11. The van der Waals surface area contributed by atoms with Gasteiger partial charge in [0.25, 0.3) is 0 Å². The Bertz CT molecular complexity index is 396. The predicted molar refractivity (Wildman–Crippen MR) is 63.0 cm³/mol. The normalized spacial score (nSPS) is 25.0. The summed E-state index contributed by atoms with van der Waals surface area (Å²) in [6, 6.07) is 6.29. The molecule has 1 aromatic rings. The van der Waals surface area contributed by atoms with Gasteiger partial charge in [0.1, 0.15) is 11.4 Å². The van der Waals surface area contributed by atoms with Gasteiger partial charge in [-0.25, -0.2) is 4.39 Å². The molecule has 0 heterocycles. The van der Waals surface area contributed by atoms with Crippen LogP contribution in [0.5, 0.6) is 0 Å². The zero-order valence-electron chi connectivity index (χ0n) is 8.91. The Balaban J connectivity index is 0.00000128. The van der Waals surface area contributed by atoms with Crippen LogP contribution in [0, 0.1) is 5.82 Å². The second kappa shape index (κ2) is 4.93. The Morgan fingerprint density at radius 3 is 2.56 bits per heavy atom. The standard InChI is InChI=1S/C12H14FNO.ClH/c13-10-6-2-1-5-9(10)12(14)8-4-3-7-11(12)15;/h1-2,5-6H,3-4,7-8,14H2;1H. The monoisotopic (exact) mass is 243 g/mol. The molecule has 0 saturated heterocycles. The first-order chi connectivity index (χ1) is 7.14. The van der Waals surface area contributed by atoms with Crippen molar-refractivity contribution in [2.24, 2.45) is 5.73 Å². The number of rotatable bonds is 1. The molecule has 1 aliphatic carbocycles. The van der Waals surface area contributed by atoms with Crippen LogP contribution in [0.1, 0.15) is 31.2 Å². The number of carbonyl (C=O) groups is 1. The number of halogens is 2. The lowest BCUT2D eigenvalue weighted by Gasteiger charge is -2.32. The fraction of sp³-hybridized carbons (Fsp3) is 0.417. The first-order valence-corrected chi connectivity index (χ1v) is 5.22. The van der Waals surface area contributed by atoms with Gasteiger partial charge in [-0.1, -0.05) is 24.6 Å². The number of nitrogens with two attached hydrogens (primary N) is 1. The van der Waals surface area contributed by atoms with E-state index in [0.717, 1.165) is 12.8 Å². The van der Waals surface area contributed by atoms with E-state index in [9.17, 15) is 9.18 Å². The average Bonchev–Trinajstić information content (AvgIpc) is 2.23. The third-order valence-corrected chi connectivity index (χ3v) is 3.08. The molecule has 88 valence electrons. The predicted octanol–water partition coefficient (Wildman–Crippen LogP) is 2.54. The van der Waals surface area contributed by atoms with Gasteiger partial charge in [0, 0.05) is 12.0 Å². The Kier molecular flexibility index (Phi) is 4.05. The van der Waals surface area contributed by atoms with Crippen molar-refractivity contribution in [3.05, 3.63) is 35.6 Å². The van der Waals surface area contributed by atoms with Crippen molar-refractivity contribution in [1.82, 2.24) is 0 Å². The molecular weight excluding hydrogens is 229 g/mol. The van der Waals surface area contributed by atoms with Crippen molar-refractivity contribution in [1.29, 1.82) is 0 Å². The molecule has 0 aromatic heterocycles. The lowest BCUT2D eigenvalue weighted by Crippen LogP contribution is -2.47. The number of hydrogen-bond donors (Lipinski definition) is 1. The highest BCUT2D eigenvalue weighted by molar-refractivity contribution is 5.90. The van der Waals surface area contributed by atoms with E-state index in [1.807, 2.05) is 0 Å². The van der Waals surface area contributed by atoms with E-state index in [0.29, 0.717) is 18.4 Å². The molecule has 0 bridgehead atoms. The quantitative estimate of drug-likeness (QED) is 0.824. The van der Waals surface area contributed by atoms with Crippen molar-refractivity contribution < 1.29 is 9.18 Å². The fourth-order valence-corrected chi connectivity index (χ4v) is 2.16. The van der Waals surface area contributed by atoms with Crippen LogP contribution in [0.3, 0.4) is 0 Å². The Morgan fingerprint density at radius 1 is 1.25 bits per heavy atom. The molecule has 0 amide bonds. The summed E-state index contributed by atoms with van der Waals surface area (Å²) in [6.45, 7) is 0. The maximum Gasteiger partial charge on any atom is 0.157 e. The fourth-order valence-electron chi connectivity index (χ4n) is 2.16. The van der Waals surface area contributed by atoms with Gasteiger partial charge in [0.2, 0.25) is 0 Å². The number of ketones is 1. The van der Waals surface area contributed by atoms with E-state index < -0.39 is 5.54 Å². The molecule has 16 heavy (non-hydrogen) atoms. The molecule has 2 rings (SSSR count). The van der Waals surface area contributed by atoms with Crippen LogP contribution < -0.4 is 5.73 Å². The van der Waals surface area contributed by atoms with Crippen molar-refractivity contribution in [2.45, 2.75) is 31.2 Å². The maximum atomic E-state index is 13.6. The van der Waals surface area contributed by atoms with Gasteiger partial charge in [0.15, 0.2) is 5.78 Å². The van der Waals surface area contributed by atoms with E-state index in [2.05, 4.69) is 0 Å². The highest BCUT2D eigenvalue weighted by atomic mass is 35.5. The van der Waals surface area contributed by atoms with Crippen LogP contribution in [0.15, 0.2) is 24.3 Å². The minimum absolute atomic E-state index is 0. The molecule has 1 aromatic carbocycles. The molecule has 2 nitrogen and oxygen atoms in total. The first-order valence-electron chi connectivity index (χ1n) is 5.22. The molecule has 0 spiro atoms. The summed E-state index contributed by atoms with van der Waals surface area (Å²) in [6.07, 6.45) is 2.76. The molecule has 2 N–H and O–H groups in total. The van der Waals surface area contributed by atoms with Crippen molar-refractivity contribution >= 4 is 18.2 Å². The third-order valence-electron chi connectivity index (χ3n) is 3.08. The summed E-state index contributed by atoms with van der Waals surface area (Å²) in [5, 5.41) is 0. The minimum Gasteiger partial charge on any atom is -0.315 e. The van der Waals surface area contributed by atoms with Crippen LogP contribution in [0.25, 0.3) is 0 Å². The molecule has 1 unspecified atom stereocenters. The van der Waals surface area contributed by atoms with Gasteiger partial charge in [-0.05, 0) is 18.9 Å². The van der Waals surface area contributed by atoms with E-state index in [4.69, 9.17) is 5.73 Å². The summed E-state index contributed by atoms with van der Waals surface area (Å²) in [5.74, 6) is -0.422. The zero-order valence-corrected chi connectivity index (χ0v) is 9.73. The van der Waals surface area contributed by atoms with Crippen molar-refractivity contribution in [3.63, 3.8) is 0 Å². The van der Waals surface area contributed by atoms with Crippen LogP contribution in [-0.2, 0) is 10.3 Å². The summed E-state index contributed by atoms with van der Waals surface area (Å²) in [4.78, 5) is 11.8. The summed E-state index contributed by atoms with van der Waals surface area (Å²) in [5.41, 5.74) is 5.28. The lowest BCUT2D eigenvalue weighted by molar-refractivity contribution is -0.126. The largest absolute Gasteiger partial charge is 0.315 e. The van der Waals surface area contributed by atoms with Crippen molar-refractivity contribution in [3.8, 4) is 0 Å². The second-order valence-electron chi connectivity index (χ2n) is 4.08.